The largest absolute Gasteiger partial charge is 0.354 e. The molecule has 2 aromatic rings. The molecule has 0 aliphatic heterocycles. The predicted octanol–water partition coefficient (Wildman–Crippen LogP) is 3.28. The van der Waals surface area contributed by atoms with Crippen molar-refractivity contribution in [3.8, 4) is 0 Å². The van der Waals surface area contributed by atoms with Gasteiger partial charge < -0.3 is 10.2 Å². The van der Waals surface area contributed by atoms with Gasteiger partial charge in [0.05, 0.1) is 4.90 Å². The van der Waals surface area contributed by atoms with E-state index in [0.717, 1.165) is 5.56 Å². The van der Waals surface area contributed by atoms with Crippen LogP contribution in [0.1, 0.15) is 39.2 Å². The Balaban J connectivity index is 2.04. The van der Waals surface area contributed by atoms with E-state index >= 15 is 0 Å². The summed E-state index contributed by atoms with van der Waals surface area (Å²) in [5, 5.41) is 2.90. The third-order valence-corrected chi connectivity index (χ3v) is 7.23. The molecule has 0 heterocycles. The van der Waals surface area contributed by atoms with Crippen LogP contribution in [0.3, 0.4) is 0 Å². The third kappa shape index (κ3) is 7.98. The van der Waals surface area contributed by atoms with Crippen molar-refractivity contribution < 1.29 is 18.0 Å². The highest BCUT2D eigenvalue weighted by atomic mass is 32.2. The number of amides is 2. The fourth-order valence-electron chi connectivity index (χ4n) is 3.30. The van der Waals surface area contributed by atoms with Crippen molar-refractivity contribution in [1.82, 2.24) is 14.5 Å². The first-order valence-corrected chi connectivity index (χ1v) is 12.7. The molecule has 180 valence electrons. The fraction of sp³-hybridized carbons (Fsp3) is 0.440. The molecule has 0 spiro atoms. The van der Waals surface area contributed by atoms with Crippen molar-refractivity contribution in [3.63, 3.8) is 0 Å². The first-order valence-electron chi connectivity index (χ1n) is 11.3. The second kappa shape index (κ2) is 12.5. The van der Waals surface area contributed by atoms with Crippen LogP contribution < -0.4 is 5.32 Å². The maximum atomic E-state index is 13.1. The lowest BCUT2D eigenvalue weighted by Crippen LogP contribution is -2.48. The summed E-state index contributed by atoms with van der Waals surface area (Å²) < 4.78 is 26.6. The maximum absolute atomic E-state index is 13.1. The number of carbonyl (C=O) groups excluding carboxylic acids is 2. The van der Waals surface area contributed by atoms with Crippen LogP contribution >= 0.6 is 0 Å². The lowest BCUT2D eigenvalue weighted by Gasteiger charge is -2.29. The second-order valence-electron chi connectivity index (χ2n) is 8.57. The van der Waals surface area contributed by atoms with Crippen molar-refractivity contribution in [2.24, 2.45) is 5.92 Å². The van der Waals surface area contributed by atoms with E-state index < -0.39 is 16.1 Å². The molecule has 0 radical (unpaired) electrons. The highest BCUT2D eigenvalue weighted by molar-refractivity contribution is 7.89. The molecular weight excluding hydrogens is 438 g/mol. The quantitative estimate of drug-likeness (QED) is 0.513. The molecule has 0 fully saturated rings. The van der Waals surface area contributed by atoms with E-state index in [2.05, 4.69) is 5.32 Å². The number of rotatable bonds is 12. The minimum atomic E-state index is -3.61. The molecule has 1 atom stereocenters. The minimum absolute atomic E-state index is 0.142. The van der Waals surface area contributed by atoms with Gasteiger partial charge in [-0.05, 0) is 37.0 Å². The van der Waals surface area contributed by atoms with Crippen LogP contribution in [0, 0.1) is 5.92 Å². The van der Waals surface area contributed by atoms with E-state index in [4.69, 9.17) is 0 Å². The molecule has 2 rings (SSSR count). The van der Waals surface area contributed by atoms with Crippen molar-refractivity contribution in [2.75, 3.05) is 20.1 Å². The first-order chi connectivity index (χ1) is 15.6. The molecule has 0 aromatic heterocycles. The summed E-state index contributed by atoms with van der Waals surface area (Å²) in [5.74, 6) is -0.0742. The summed E-state index contributed by atoms with van der Waals surface area (Å²) in [6.45, 7) is 6.81. The molecule has 7 nitrogen and oxygen atoms in total. The molecule has 0 saturated carbocycles. The number of sulfonamides is 1. The van der Waals surface area contributed by atoms with Gasteiger partial charge >= 0.3 is 0 Å². The molecule has 0 bridgehead atoms. The van der Waals surface area contributed by atoms with Crippen molar-refractivity contribution in [1.29, 1.82) is 0 Å². The van der Waals surface area contributed by atoms with E-state index in [9.17, 15) is 18.0 Å². The molecule has 1 N–H and O–H groups in total. The van der Waals surface area contributed by atoms with Crippen LogP contribution in [-0.2, 0) is 26.2 Å². The van der Waals surface area contributed by atoms with Gasteiger partial charge in [0.2, 0.25) is 21.8 Å². The summed E-state index contributed by atoms with van der Waals surface area (Å²) in [4.78, 5) is 27.6. The van der Waals surface area contributed by atoms with Crippen LogP contribution in [-0.4, -0.2) is 55.6 Å². The molecule has 0 aliphatic carbocycles. The average molecular weight is 474 g/mol. The smallest absolute Gasteiger partial charge is 0.242 e. The van der Waals surface area contributed by atoms with Gasteiger partial charge in [0.25, 0.3) is 0 Å². The van der Waals surface area contributed by atoms with Crippen LogP contribution in [0.4, 0.5) is 0 Å². The lowest BCUT2D eigenvalue weighted by molar-refractivity contribution is -0.140. The van der Waals surface area contributed by atoms with Gasteiger partial charge in [-0.1, -0.05) is 62.4 Å². The number of nitrogens with zero attached hydrogens (tertiary/aromatic N) is 2. The summed E-state index contributed by atoms with van der Waals surface area (Å²) >= 11 is 0. The van der Waals surface area contributed by atoms with Gasteiger partial charge in [-0.15, -0.1) is 0 Å². The Labute approximate surface area is 197 Å². The Bertz CT molecular complexity index is 995. The molecular formula is C25H35N3O4S. The van der Waals surface area contributed by atoms with E-state index in [0.29, 0.717) is 25.4 Å². The second-order valence-corrected chi connectivity index (χ2v) is 10.6. The zero-order chi connectivity index (χ0) is 24.4. The molecule has 2 amide bonds. The number of carbonyl (C=O) groups is 2. The molecule has 0 aliphatic rings. The van der Waals surface area contributed by atoms with E-state index in [-0.39, 0.29) is 29.7 Å². The zero-order valence-corrected chi connectivity index (χ0v) is 20.7. The maximum Gasteiger partial charge on any atom is 0.242 e. The van der Waals surface area contributed by atoms with Crippen LogP contribution in [0.25, 0.3) is 0 Å². The molecule has 33 heavy (non-hydrogen) atoms. The Hall–Kier alpha value is -2.71. The number of benzene rings is 2. The SMILES string of the molecule is CC(C)CNC(=O)[C@@H](C)N(Cc1ccccc1)C(=O)CCCN(C)S(=O)(=O)c1ccccc1. The van der Waals surface area contributed by atoms with Gasteiger partial charge in [0.1, 0.15) is 6.04 Å². The zero-order valence-electron chi connectivity index (χ0n) is 19.9. The number of nitrogens with one attached hydrogen (secondary N) is 1. The average Bonchev–Trinajstić information content (AvgIpc) is 2.81. The van der Waals surface area contributed by atoms with E-state index in [1.54, 1.807) is 42.2 Å². The normalized spacial score (nSPS) is 12.5. The van der Waals surface area contributed by atoms with Crippen LogP contribution in [0.15, 0.2) is 65.6 Å². The Morgan fingerprint density at radius 3 is 2.09 bits per heavy atom. The van der Waals surface area contributed by atoms with E-state index in [1.165, 1.54) is 11.4 Å². The molecule has 0 saturated heterocycles. The highest BCUT2D eigenvalue weighted by Crippen LogP contribution is 2.16. The standard InChI is InChI=1S/C25H35N3O4S/c1-20(2)18-26-25(30)21(3)28(19-22-12-7-5-8-13-22)24(29)16-11-17-27(4)33(31,32)23-14-9-6-10-15-23/h5-10,12-15,20-21H,11,16-19H2,1-4H3,(H,26,30)/t21-/m1/s1. The Morgan fingerprint density at radius 1 is 0.939 bits per heavy atom. The van der Waals surface area contributed by atoms with Crippen LogP contribution in [0.2, 0.25) is 0 Å². The highest BCUT2D eigenvalue weighted by Gasteiger charge is 2.26. The minimum Gasteiger partial charge on any atom is -0.354 e. The fourth-order valence-corrected chi connectivity index (χ4v) is 4.53. The van der Waals surface area contributed by atoms with Gasteiger partial charge in [0.15, 0.2) is 0 Å². The van der Waals surface area contributed by atoms with Gasteiger partial charge in [-0.25, -0.2) is 12.7 Å². The van der Waals surface area contributed by atoms with Crippen molar-refractivity contribution in [3.05, 3.63) is 66.2 Å². The molecule has 2 aromatic carbocycles. The van der Waals surface area contributed by atoms with E-state index in [1.807, 2.05) is 44.2 Å². The number of hydrogen-bond donors (Lipinski definition) is 1. The monoisotopic (exact) mass is 473 g/mol. The topological polar surface area (TPSA) is 86.8 Å². The Kier molecular flexibility index (Phi) is 10.1. The van der Waals surface area contributed by atoms with Gasteiger partial charge in [0, 0.05) is 33.1 Å². The molecule has 8 heteroatoms. The van der Waals surface area contributed by atoms with Crippen LogP contribution in [0.5, 0.6) is 0 Å². The number of hydrogen-bond acceptors (Lipinski definition) is 4. The summed E-state index contributed by atoms with van der Waals surface area (Å²) in [6.07, 6.45) is 0.496. The van der Waals surface area contributed by atoms with Gasteiger partial charge in [-0.3, -0.25) is 9.59 Å². The van der Waals surface area contributed by atoms with Gasteiger partial charge in [-0.2, -0.15) is 0 Å². The third-order valence-electron chi connectivity index (χ3n) is 5.36. The molecule has 0 unspecified atom stereocenters. The van der Waals surface area contributed by atoms with Crippen molar-refractivity contribution >= 4 is 21.8 Å². The lowest BCUT2D eigenvalue weighted by atomic mass is 10.1. The predicted molar refractivity (Wildman–Crippen MR) is 130 cm³/mol. The first kappa shape index (κ1) is 26.5. The summed E-state index contributed by atoms with van der Waals surface area (Å²) in [7, 11) is -2.10. The summed E-state index contributed by atoms with van der Waals surface area (Å²) in [5.41, 5.74) is 0.929. The summed E-state index contributed by atoms with van der Waals surface area (Å²) in [6, 6.07) is 17.1. The van der Waals surface area contributed by atoms with Crippen molar-refractivity contribution in [2.45, 2.75) is 51.1 Å². The Morgan fingerprint density at radius 2 is 1.52 bits per heavy atom.